The molecule has 24 heavy (non-hydrogen) atoms. The molecular formula is C17H24ClN3O3. The lowest BCUT2D eigenvalue weighted by Gasteiger charge is -2.26. The van der Waals surface area contributed by atoms with Gasteiger partial charge in [0.15, 0.2) is 11.5 Å². The molecule has 3 N–H and O–H groups in total. The van der Waals surface area contributed by atoms with Gasteiger partial charge in [0.1, 0.15) is 5.52 Å². The summed E-state index contributed by atoms with van der Waals surface area (Å²) in [6.07, 6.45) is 2.25. The molecule has 6 nitrogen and oxygen atoms in total. The molecule has 1 unspecified atom stereocenters. The quantitative estimate of drug-likeness (QED) is 0.857. The van der Waals surface area contributed by atoms with Gasteiger partial charge in [-0.15, -0.1) is 12.4 Å². The van der Waals surface area contributed by atoms with Crippen LogP contribution in [0.15, 0.2) is 22.6 Å². The minimum Gasteiger partial charge on any atom is -0.441 e. The number of benzene rings is 1. The zero-order chi connectivity index (χ0) is 16.2. The predicted octanol–water partition coefficient (Wildman–Crippen LogP) is 1.97. The number of nitrogens with zero attached hydrogens (tertiary/aromatic N) is 1. The molecule has 0 radical (unpaired) electrons. The van der Waals surface area contributed by atoms with Crippen molar-refractivity contribution < 1.29 is 13.9 Å². The maximum absolute atomic E-state index is 12.1. The first kappa shape index (κ1) is 18.7. The number of rotatable bonds is 5. The Morgan fingerprint density at radius 1 is 1.42 bits per heavy atom. The Morgan fingerprint density at radius 3 is 2.88 bits per heavy atom. The van der Waals surface area contributed by atoms with Crippen LogP contribution >= 0.6 is 12.4 Å². The zero-order valence-electron chi connectivity index (χ0n) is 13.8. The zero-order valence-corrected chi connectivity index (χ0v) is 14.6. The lowest BCUT2D eigenvalue weighted by atomic mass is 9.92. The van der Waals surface area contributed by atoms with Crippen LogP contribution in [0.25, 0.3) is 11.1 Å². The van der Waals surface area contributed by atoms with Crippen LogP contribution in [0.4, 0.5) is 0 Å². The number of para-hydroxylation sites is 1. The fourth-order valence-electron chi connectivity index (χ4n) is 2.94. The molecule has 1 aliphatic heterocycles. The van der Waals surface area contributed by atoms with E-state index in [-0.39, 0.29) is 24.2 Å². The Balaban J connectivity index is 0.00000208. The number of ether oxygens (including phenoxy) is 1. The molecule has 1 fully saturated rings. The highest BCUT2D eigenvalue weighted by molar-refractivity contribution is 5.85. The van der Waals surface area contributed by atoms with E-state index < -0.39 is 6.04 Å². The third-order valence-corrected chi connectivity index (χ3v) is 4.38. The minimum atomic E-state index is -0.468. The Hall–Kier alpha value is -1.63. The molecule has 0 spiro atoms. The molecule has 1 aliphatic rings. The second-order valence-corrected chi connectivity index (χ2v) is 6.05. The molecule has 1 aromatic heterocycles. The average Bonchev–Trinajstić information content (AvgIpc) is 2.99. The summed E-state index contributed by atoms with van der Waals surface area (Å²) < 4.78 is 11.0. The first-order valence-electron chi connectivity index (χ1n) is 8.11. The van der Waals surface area contributed by atoms with E-state index in [2.05, 4.69) is 10.3 Å². The lowest BCUT2D eigenvalue weighted by Crippen LogP contribution is -2.47. The maximum Gasteiger partial charge on any atom is 0.237 e. The standard InChI is InChI=1S/C17H23N3O3.ClH/c1-11-3-2-4-13-16(11)20-14(23-13)5-8-19-17(21)15(18)12-6-9-22-10-7-12;/h2-4,12,15H,5-10,18H2,1H3,(H,19,21);1H. The molecule has 7 heteroatoms. The minimum absolute atomic E-state index is 0. The van der Waals surface area contributed by atoms with Crippen molar-refractivity contribution in [3.05, 3.63) is 29.7 Å². The highest BCUT2D eigenvalue weighted by atomic mass is 35.5. The molecule has 3 rings (SSSR count). The molecule has 0 aliphatic carbocycles. The molecule has 1 saturated heterocycles. The van der Waals surface area contributed by atoms with Gasteiger partial charge in [0.25, 0.3) is 0 Å². The van der Waals surface area contributed by atoms with Gasteiger partial charge < -0.3 is 20.2 Å². The first-order chi connectivity index (χ1) is 11.1. The van der Waals surface area contributed by atoms with Crippen LogP contribution in [-0.2, 0) is 16.0 Å². The summed E-state index contributed by atoms with van der Waals surface area (Å²) in [7, 11) is 0. The summed E-state index contributed by atoms with van der Waals surface area (Å²) in [6, 6.07) is 5.38. The SMILES string of the molecule is Cc1cccc2oc(CCNC(=O)C(N)C3CCOCC3)nc12.Cl. The molecule has 1 atom stereocenters. The number of oxazole rings is 1. The van der Waals surface area contributed by atoms with Crippen LogP contribution in [0.5, 0.6) is 0 Å². The third-order valence-electron chi connectivity index (χ3n) is 4.38. The summed E-state index contributed by atoms with van der Waals surface area (Å²) in [4.78, 5) is 16.6. The summed E-state index contributed by atoms with van der Waals surface area (Å²) in [5.74, 6) is 0.731. The predicted molar refractivity (Wildman–Crippen MR) is 94.2 cm³/mol. The average molecular weight is 354 g/mol. The Labute approximate surface area is 147 Å². The van der Waals surface area contributed by atoms with Crippen molar-refractivity contribution in [1.82, 2.24) is 10.3 Å². The lowest BCUT2D eigenvalue weighted by molar-refractivity contribution is -0.124. The fraction of sp³-hybridized carbons (Fsp3) is 0.529. The van der Waals surface area contributed by atoms with Crippen molar-refractivity contribution in [2.24, 2.45) is 11.7 Å². The van der Waals surface area contributed by atoms with Crippen molar-refractivity contribution in [3.63, 3.8) is 0 Å². The molecule has 132 valence electrons. The molecular weight excluding hydrogens is 330 g/mol. The summed E-state index contributed by atoms with van der Waals surface area (Å²) in [5.41, 5.74) is 8.80. The number of hydrogen-bond acceptors (Lipinski definition) is 5. The topological polar surface area (TPSA) is 90.4 Å². The molecule has 2 heterocycles. The number of nitrogens with one attached hydrogen (secondary N) is 1. The molecule has 1 amide bonds. The largest absolute Gasteiger partial charge is 0.441 e. The van der Waals surface area contributed by atoms with Crippen LogP contribution in [-0.4, -0.2) is 36.7 Å². The first-order valence-corrected chi connectivity index (χ1v) is 8.11. The summed E-state index contributed by atoms with van der Waals surface area (Å²) in [6.45, 7) is 3.85. The van der Waals surface area contributed by atoms with Crippen LogP contribution in [0.3, 0.4) is 0 Å². The van der Waals surface area contributed by atoms with Crippen LogP contribution in [0, 0.1) is 12.8 Å². The van der Waals surface area contributed by atoms with Crippen molar-refractivity contribution >= 4 is 29.4 Å². The summed E-state index contributed by atoms with van der Waals surface area (Å²) in [5, 5.41) is 2.88. The van der Waals surface area contributed by atoms with Gasteiger partial charge in [-0.25, -0.2) is 4.98 Å². The number of hydrogen-bond donors (Lipinski definition) is 2. The number of halogens is 1. The Morgan fingerprint density at radius 2 is 2.17 bits per heavy atom. The third kappa shape index (κ3) is 4.26. The number of fused-ring (bicyclic) bond motifs is 1. The summed E-state index contributed by atoms with van der Waals surface area (Å²) >= 11 is 0. The number of aryl methyl sites for hydroxylation is 1. The highest BCUT2D eigenvalue weighted by Crippen LogP contribution is 2.19. The number of amides is 1. The monoisotopic (exact) mass is 353 g/mol. The van der Waals surface area contributed by atoms with Crippen LogP contribution < -0.4 is 11.1 Å². The molecule has 0 saturated carbocycles. The van der Waals surface area contributed by atoms with E-state index in [0.29, 0.717) is 32.1 Å². The van der Waals surface area contributed by atoms with Crippen molar-refractivity contribution in [1.29, 1.82) is 0 Å². The molecule has 1 aromatic carbocycles. The number of carbonyl (C=O) groups excluding carboxylic acids is 1. The normalized spacial score (nSPS) is 16.6. The van der Waals surface area contributed by atoms with E-state index in [1.165, 1.54) is 0 Å². The van der Waals surface area contributed by atoms with Crippen LogP contribution in [0.2, 0.25) is 0 Å². The van der Waals surface area contributed by atoms with Crippen molar-refractivity contribution in [2.75, 3.05) is 19.8 Å². The Kier molecular flexibility index (Phi) is 6.60. The number of carbonyl (C=O) groups is 1. The van der Waals surface area contributed by atoms with E-state index in [4.69, 9.17) is 14.9 Å². The smallest absolute Gasteiger partial charge is 0.237 e. The van der Waals surface area contributed by atoms with Gasteiger partial charge in [-0.2, -0.15) is 0 Å². The molecule has 0 bridgehead atoms. The van der Waals surface area contributed by atoms with Crippen LogP contribution in [0.1, 0.15) is 24.3 Å². The van der Waals surface area contributed by atoms with Crippen molar-refractivity contribution in [2.45, 2.75) is 32.2 Å². The van der Waals surface area contributed by atoms with Gasteiger partial charge in [-0.3, -0.25) is 4.79 Å². The van der Waals surface area contributed by atoms with E-state index in [0.717, 1.165) is 29.5 Å². The maximum atomic E-state index is 12.1. The van der Waals surface area contributed by atoms with Gasteiger partial charge in [0.05, 0.1) is 6.04 Å². The second-order valence-electron chi connectivity index (χ2n) is 6.05. The van der Waals surface area contributed by atoms with Gasteiger partial charge in [-0.1, -0.05) is 12.1 Å². The fourth-order valence-corrected chi connectivity index (χ4v) is 2.94. The van der Waals surface area contributed by atoms with E-state index in [9.17, 15) is 4.79 Å². The van der Waals surface area contributed by atoms with Gasteiger partial charge in [0.2, 0.25) is 5.91 Å². The Bertz CT molecular complexity index is 683. The second kappa shape index (κ2) is 8.46. The van der Waals surface area contributed by atoms with E-state index >= 15 is 0 Å². The van der Waals surface area contributed by atoms with E-state index in [1.54, 1.807) is 0 Å². The number of nitrogens with two attached hydrogens (primary N) is 1. The van der Waals surface area contributed by atoms with Gasteiger partial charge >= 0.3 is 0 Å². The van der Waals surface area contributed by atoms with Gasteiger partial charge in [0, 0.05) is 26.2 Å². The van der Waals surface area contributed by atoms with Crippen molar-refractivity contribution in [3.8, 4) is 0 Å². The van der Waals surface area contributed by atoms with E-state index in [1.807, 2.05) is 25.1 Å². The van der Waals surface area contributed by atoms with Gasteiger partial charge in [-0.05, 0) is 37.3 Å². The molecule has 2 aromatic rings. The number of aromatic nitrogens is 1. The highest BCUT2D eigenvalue weighted by Gasteiger charge is 2.26.